The van der Waals surface area contributed by atoms with E-state index in [1.165, 1.54) is 5.56 Å². The molecule has 0 bridgehead atoms. The minimum atomic E-state index is -0.170. The lowest BCUT2D eigenvalue weighted by Crippen LogP contribution is -1.94. The van der Waals surface area contributed by atoms with Crippen molar-refractivity contribution in [1.29, 1.82) is 0 Å². The van der Waals surface area contributed by atoms with Gasteiger partial charge in [0.25, 0.3) is 0 Å². The van der Waals surface area contributed by atoms with Gasteiger partial charge in [-0.05, 0) is 48.1 Å². The van der Waals surface area contributed by atoms with E-state index in [9.17, 15) is 4.39 Å². The second kappa shape index (κ2) is 2.98. The van der Waals surface area contributed by atoms with Gasteiger partial charge in [0.1, 0.15) is 5.82 Å². The molecule has 0 nitrogen and oxygen atoms in total. The maximum Gasteiger partial charge on any atom is 0.123 e. The van der Waals surface area contributed by atoms with E-state index in [-0.39, 0.29) is 11.2 Å². The Labute approximate surface area is 82.7 Å². The summed E-state index contributed by atoms with van der Waals surface area (Å²) in [5.41, 5.74) is 3.27. The number of halogens is 2. The highest BCUT2D eigenvalue weighted by Crippen LogP contribution is 2.42. The number of benzene rings is 1. The first-order valence-electron chi connectivity index (χ1n) is 4.52. The maximum absolute atomic E-state index is 13.1. The van der Waals surface area contributed by atoms with Crippen LogP contribution in [0.15, 0.2) is 12.1 Å². The minimum Gasteiger partial charge on any atom is -0.207 e. The van der Waals surface area contributed by atoms with Crippen LogP contribution in [-0.2, 0) is 6.42 Å². The summed E-state index contributed by atoms with van der Waals surface area (Å²) in [6, 6.07) is 3.16. The van der Waals surface area contributed by atoms with Crippen molar-refractivity contribution in [3.8, 4) is 0 Å². The summed E-state index contributed by atoms with van der Waals surface area (Å²) in [5, 5.41) is -0.00981. The van der Waals surface area contributed by atoms with Crippen molar-refractivity contribution in [2.75, 3.05) is 0 Å². The van der Waals surface area contributed by atoms with Gasteiger partial charge in [-0.3, -0.25) is 0 Å². The van der Waals surface area contributed by atoms with Crippen LogP contribution in [0, 0.1) is 18.7 Å². The molecule has 0 saturated heterocycles. The van der Waals surface area contributed by atoms with Crippen LogP contribution in [0.2, 0.25) is 0 Å². The standard InChI is InChI=1S/C11H12ClF/c1-6-3-8(13)5-10-9(6)4-7(2)11(10)12/h3,5,7,11H,4H2,1-2H3. The molecule has 2 rings (SSSR count). The van der Waals surface area contributed by atoms with E-state index in [2.05, 4.69) is 6.92 Å². The van der Waals surface area contributed by atoms with Crippen LogP contribution in [0.3, 0.4) is 0 Å². The van der Waals surface area contributed by atoms with Gasteiger partial charge in [-0.25, -0.2) is 4.39 Å². The Bertz CT molecular complexity index is 346. The molecule has 0 amide bonds. The van der Waals surface area contributed by atoms with Crippen molar-refractivity contribution < 1.29 is 4.39 Å². The topological polar surface area (TPSA) is 0 Å². The van der Waals surface area contributed by atoms with Crippen molar-refractivity contribution in [3.05, 3.63) is 34.6 Å². The van der Waals surface area contributed by atoms with E-state index < -0.39 is 0 Å². The van der Waals surface area contributed by atoms with Gasteiger partial charge in [0.2, 0.25) is 0 Å². The number of alkyl halides is 1. The third-order valence-corrected chi connectivity index (χ3v) is 3.46. The molecule has 2 heteroatoms. The molecule has 70 valence electrons. The molecule has 2 atom stereocenters. The lowest BCUT2D eigenvalue weighted by molar-refractivity contribution is 0.604. The van der Waals surface area contributed by atoms with Crippen LogP contribution in [-0.4, -0.2) is 0 Å². The minimum absolute atomic E-state index is 0.00981. The molecule has 1 aromatic carbocycles. The molecule has 0 aliphatic heterocycles. The normalized spacial score (nSPS) is 26.2. The van der Waals surface area contributed by atoms with E-state index in [4.69, 9.17) is 11.6 Å². The third-order valence-electron chi connectivity index (χ3n) is 2.80. The first-order chi connectivity index (χ1) is 6.09. The van der Waals surface area contributed by atoms with Crippen LogP contribution in [0.1, 0.15) is 29.0 Å². The molecule has 0 spiro atoms. The van der Waals surface area contributed by atoms with Gasteiger partial charge >= 0.3 is 0 Å². The average molecular weight is 199 g/mol. The summed E-state index contributed by atoms with van der Waals surface area (Å²) in [7, 11) is 0. The van der Waals surface area contributed by atoms with Gasteiger partial charge in [-0.1, -0.05) is 6.92 Å². The fourth-order valence-corrected chi connectivity index (χ4v) is 2.34. The average Bonchev–Trinajstić information content (AvgIpc) is 2.32. The Morgan fingerprint density at radius 3 is 2.85 bits per heavy atom. The molecule has 0 heterocycles. The number of aryl methyl sites for hydroxylation is 1. The maximum atomic E-state index is 13.1. The molecule has 1 aromatic rings. The molecule has 0 radical (unpaired) electrons. The summed E-state index contributed by atoms with van der Waals surface area (Å²) in [6.07, 6.45) is 0.982. The van der Waals surface area contributed by atoms with Crippen LogP contribution in [0.25, 0.3) is 0 Å². The number of fused-ring (bicyclic) bond motifs is 1. The first kappa shape index (κ1) is 9.01. The number of hydrogen-bond acceptors (Lipinski definition) is 0. The highest BCUT2D eigenvalue weighted by atomic mass is 35.5. The SMILES string of the molecule is Cc1cc(F)cc2c1CC(C)C2Cl. The third kappa shape index (κ3) is 1.35. The second-order valence-electron chi connectivity index (χ2n) is 3.87. The van der Waals surface area contributed by atoms with Crippen molar-refractivity contribution in [2.24, 2.45) is 5.92 Å². The zero-order chi connectivity index (χ0) is 9.59. The lowest BCUT2D eigenvalue weighted by Gasteiger charge is -2.07. The van der Waals surface area contributed by atoms with E-state index in [1.54, 1.807) is 12.1 Å². The molecule has 0 aromatic heterocycles. The molecule has 0 saturated carbocycles. The molecule has 1 aliphatic carbocycles. The Morgan fingerprint density at radius 2 is 2.15 bits per heavy atom. The number of rotatable bonds is 0. The molecule has 1 aliphatic rings. The van der Waals surface area contributed by atoms with Gasteiger partial charge in [-0.2, -0.15) is 0 Å². The second-order valence-corrected chi connectivity index (χ2v) is 4.34. The van der Waals surface area contributed by atoms with E-state index in [1.807, 2.05) is 6.92 Å². The highest BCUT2D eigenvalue weighted by Gasteiger charge is 2.29. The van der Waals surface area contributed by atoms with Crippen molar-refractivity contribution in [1.82, 2.24) is 0 Å². The Morgan fingerprint density at radius 1 is 1.46 bits per heavy atom. The quantitative estimate of drug-likeness (QED) is 0.559. The Balaban J connectivity index is 2.57. The van der Waals surface area contributed by atoms with Gasteiger partial charge < -0.3 is 0 Å². The lowest BCUT2D eigenvalue weighted by atomic mass is 10.0. The summed E-state index contributed by atoms with van der Waals surface area (Å²) < 4.78 is 13.1. The van der Waals surface area contributed by atoms with Crippen LogP contribution < -0.4 is 0 Å². The fraction of sp³-hybridized carbons (Fsp3) is 0.455. The summed E-state index contributed by atoms with van der Waals surface area (Å²) in [5.74, 6) is 0.258. The first-order valence-corrected chi connectivity index (χ1v) is 4.96. The van der Waals surface area contributed by atoms with Crippen molar-refractivity contribution in [3.63, 3.8) is 0 Å². The van der Waals surface area contributed by atoms with Crippen molar-refractivity contribution in [2.45, 2.75) is 25.6 Å². The Kier molecular flexibility index (Phi) is 2.07. The largest absolute Gasteiger partial charge is 0.207 e. The molecular weight excluding hydrogens is 187 g/mol. The van der Waals surface area contributed by atoms with Crippen LogP contribution in [0.5, 0.6) is 0 Å². The predicted molar refractivity (Wildman–Crippen MR) is 52.6 cm³/mol. The summed E-state index contributed by atoms with van der Waals surface area (Å²) in [4.78, 5) is 0. The Hall–Kier alpha value is -0.560. The predicted octanol–water partition coefficient (Wildman–Crippen LogP) is 3.61. The van der Waals surface area contributed by atoms with Crippen molar-refractivity contribution >= 4 is 11.6 Å². The monoisotopic (exact) mass is 198 g/mol. The fourth-order valence-electron chi connectivity index (χ4n) is 2.06. The molecular formula is C11H12ClF. The van der Waals surface area contributed by atoms with Gasteiger partial charge in [-0.15, -0.1) is 11.6 Å². The van der Waals surface area contributed by atoms with Gasteiger partial charge in [0, 0.05) is 0 Å². The van der Waals surface area contributed by atoms with Crippen LogP contribution in [0.4, 0.5) is 4.39 Å². The summed E-state index contributed by atoms with van der Waals surface area (Å²) in [6.45, 7) is 4.05. The van der Waals surface area contributed by atoms with Gasteiger partial charge in [0.15, 0.2) is 0 Å². The zero-order valence-electron chi connectivity index (χ0n) is 7.77. The zero-order valence-corrected chi connectivity index (χ0v) is 8.53. The number of hydrogen-bond donors (Lipinski definition) is 0. The summed E-state index contributed by atoms with van der Waals surface area (Å²) >= 11 is 6.17. The highest BCUT2D eigenvalue weighted by molar-refractivity contribution is 6.21. The van der Waals surface area contributed by atoms with E-state index in [0.29, 0.717) is 5.92 Å². The smallest absolute Gasteiger partial charge is 0.123 e. The van der Waals surface area contributed by atoms with E-state index in [0.717, 1.165) is 17.5 Å². The molecule has 13 heavy (non-hydrogen) atoms. The molecule has 2 unspecified atom stereocenters. The molecule has 0 fully saturated rings. The van der Waals surface area contributed by atoms with Gasteiger partial charge in [0.05, 0.1) is 5.38 Å². The molecule has 0 N–H and O–H groups in total. The van der Waals surface area contributed by atoms with E-state index >= 15 is 0 Å². The van der Waals surface area contributed by atoms with Crippen LogP contribution >= 0.6 is 11.6 Å².